The lowest BCUT2D eigenvalue weighted by molar-refractivity contribution is -0.116. The SMILES string of the molecule is Cn1nnc2cc([C@H]3CC(=O)Nc4[nH]ncc43)ccc21. The molecule has 3 aromatic rings. The second-order valence-corrected chi connectivity index (χ2v) is 4.97. The van der Waals surface area contributed by atoms with Crippen molar-refractivity contribution in [1.82, 2.24) is 25.2 Å². The highest BCUT2D eigenvalue weighted by Crippen LogP contribution is 2.36. The van der Waals surface area contributed by atoms with E-state index in [0.717, 1.165) is 22.2 Å². The van der Waals surface area contributed by atoms with E-state index in [1.54, 1.807) is 10.9 Å². The largest absolute Gasteiger partial charge is 0.311 e. The Morgan fingerprint density at radius 3 is 3.20 bits per heavy atom. The third kappa shape index (κ3) is 1.52. The fourth-order valence-electron chi connectivity index (χ4n) is 2.72. The molecule has 0 saturated carbocycles. The number of carbonyl (C=O) groups excluding carboxylic acids is 1. The van der Waals surface area contributed by atoms with Gasteiger partial charge in [-0.05, 0) is 17.7 Å². The Bertz CT molecular complexity index is 817. The van der Waals surface area contributed by atoms with Gasteiger partial charge in [0.15, 0.2) is 0 Å². The number of aromatic amines is 1. The van der Waals surface area contributed by atoms with Crippen molar-refractivity contribution in [2.45, 2.75) is 12.3 Å². The Morgan fingerprint density at radius 2 is 2.30 bits per heavy atom. The highest BCUT2D eigenvalue weighted by Gasteiger charge is 2.28. The number of H-pyrrole nitrogens is 1. The summed E-state index contributed by atoms with van der Waals surface area (Å²) in [5.41, 5.74) is 3.87. The van der Waals surface area contributed by atoms with Crippen LogP contribution >= 0.6 is 0 Å². The second kappa shape index (κ2) is 3.89. The predicted molar refractivity (Wildman–Crippen MR) is 72.2 cm³/mol. The van der Waals surface area contributed by atoms with Crippen LogP contribution in [0.4, 0.5) is 5.82 Å². The molecule has 1 atom stereocenters. The number of aromatic nitrogens is 5. The number of aryl methyl sites for hydroxylation is 1. The van der Waals surface area contributed by atoms with E-state index in [1.165, 1.54) is 0 Å². The molecule has 1 amide bonds. The number of nitrogens with one attached hydrogen (secondary N) is 2. The molecule has 0 aliphatic carbocycles. The van der Waals surface area contributed by atoms with Crippen LogP contribution in [0.5, 0.6) is 0 Å². The van der Waals surface area contributed by atoms with Gasteiger partial charge in [0, 0.05) is 24.9 Å². The highest BCUT2D eigenvalue weighted by molar-refractivity contribution is 5.94. The second-order valence-electron chi connectivity index (χ2n) is 4.97. The molecule has 1 aliphatic rings. The van der Waals surface area contributed by atoms with Gasteiger partial charge >= 0.3 is 0 Å². The van der Waals surface area contributed by atoms with Gasteiger partial charge < -0.3 is 5.32 Å². The summed E-state index contributed by atoms with van der Waals surface area (Å²) < 4.78 is 1.73. The van der Waals surface area contributed by atoms with Crippen molar-refractivity contribution in [2.24, 2.45) is 7.05 Å². The third-order valence-electron chi connectivity index (χ3n) is 3.74. The monoisotopic (exact) mass is 268 g/mol. The third-order valence-corrected chi connectivity index (χ3v) is 3.74. The number of anilines is 1. The number of amides is 1. The Hall–Kier alpha value is -2.70. The fourth-order valence-corrected chi connectivity index (χ4v) is 2.72. The summed E-state index contributed by atoms with van der Waals surface area (Å²) in [5, 5.41) is 17.7. The zero-order valence-corrected chi connectivity index (χ0v) is 10.8. The van der Waals surface area contributed by atoms with Gasteiger partial charge in [0.05, 0.1) is 11.7 Å². The summed E-state index contributed by atoms with van der Waals surface area (Å²) in [6.07, 6.45) is 2.18. The maximum Gasteiger partial charge on any atom is 0.226 e. The van der Waals surface area contributed by atoms with Crippen molar-refractivity contribution >= 4 is 22.8 Å². The van der Waals surface area contributed by atoms with Crippen LogP contribution in [0.2, 0.25) is 0 Å². The van der Waals surface area contributed by atoms with Gasteiger partial charge in [0.25, 0.3) is 0 Å². The summed E-state index contributed by atoms with van der Waals surface area (Å²) >= 11 is 0. The van der Waals surface area contributed by atoms with E-state index in [2.05, 4.69) is 25.8 Å². The average Bonchev–Trinajstić information content (AvgIpc) is 3.04. The fraction of sp³-hybridized carbons (Fsp3) is 0.231. The minimum Gasteiger partial charge on any atom is -0.311 e. The van der Waals surface area contributed by atoms with E-state index in [0.29, 0.717) is 12.2 Å². The van der Waals surface area contributed by atoms with E-state index in [4.69, 9.17) is 0 Å². The number of hydrogen-bond donors (Lipinski definition) is 2. The molecule has 0 saturated heterocycles. The number of hydrogen-bond acceptors (Lipinski definition) is 4. The highest BCUT2D eigenvalue weighted by atomic mass is 16.1. The zero-order valence-electron chi connectivity index (χ0n) is 10.8. The molecule has 4 rings (SSSR count). The lowest BCUT2D eigenvalue weighted by Crippen LogP contribution is -2.22. The maximum absolute atomic E-state index is 11.8. The summed E-state index contributed by atoms with van der Waals surface area (Å²) in [7, 11) is 1.86. The smallest absolute Gasteiger partial charge is 0.226 e. The first-order valence-electron chi connectivity index (χ1n) is 6.35. The van der Waals surface area contributed by atoms with Crippen LogP contribution in [0.15, 0.2) is 24.4 Å². The minimum atomic E-state index is -0.00834. The minimum absolute atomic E-state index is 0.00362. The zero-order chi connectivity index (χ0) is 13.7. The molecule has 2 aromatic heterocycles. The van der Waals surface area contributed by atoms with Gasteiger partial charge in [0.2, 0.25) is 5.91 Å². The first-order chi connectivity index (χ1) is 9.72. The van der Waals surface area contributed by atoms with E-state index in [9.17, 15) is 4.79 Å². The lowest BCUT2D eigenvalue weighted by Gasteiger charge is -2.22. The van der Waals surface area contributed by atoms with Gasteiger partial charge in [-0.25, -0.2) is 4.68 Å². The van der Waals surface area contributed by atoms with Crippen LogP contribution in [0.1, 0.15) is 23.5 Å². The maximum atomic E-state index is 11.8. The molecule has 1 aliphatic heterocycles. The number of carbonyl (C=O) groups is 1. The predicted octanol–water partition coefficient (Wildman–Crippen LogP) is 1.17. The van der Waals surface area contributed by atoms with Crippen LogP contribution in [-0.4, -0.2) is 31.1 Å². The Morgan fingerprint density at radius 1 is 1.40 bits per heavy atom. The molecule has 0 fully saturated rings. The van der Waals surface area contributed by atoms with Crippen molar-refractivity contribution in [3.8, 4) is 0 Å². The van der Waals surface area contributed by atoms with Gasteiger partial charge in [-0.1, -0.05) is 11.3 Å². The van der Waals surface area contributed by atoms with Crippen molar-refractivity contribution < 1.29 is 4.79 Å². The summed E-state index contributed by atoms with van der Waals surface area (Å²) in [5.74, 6) is 0.681. The number of fused-ring (bicyclic) bond motifs is 2. The van der Waals surface area contributed by atoms with Crippen molar-refractivity contribution in [3.63, 3.8) is 0 Å². The van der Waals surface area contributed by atoms with Gasteiger partial charge in [-0.15, -0.1) is 5.10 Å². The Labute approximate surface area is 114 Å². The molecular weight excluding hydrogens is 256 g/mol. The average molecular weight is 268 g/mol. The van der Waals surface area contributed by atoms with Crippen LogP contribution in [-0.2, 0) is 11.8 Å². The normalized spacial score (nSPS) is 18.1. The van der Waals surface area contributed by atoms with E-state index in [1.807, 2.05) is 25.2 Å². The van der Waals surface area contributed by atoms with Crippen molar-refractivity contribution in [1.29, 1.82) is 0 Å². The Kier molecular flexibility index (Phi) is 2.17. The molecule has 100 valence electrons. The molecule has 0 unspecified atom stereocenters. The molecule has 0 radical (unpaired) electrons. The van der Waals surface area contributed by atoms with E-state index in [-0.39, 0.29) is 11.8 Å². The van der Waals surface area contributed by atoms with Gasteiger partial charge in [-0.3, -0.25) is 9.89 Å². The summed E-state index contributed by atoms with van der Waals surface area (Å²) in [4.78, 5) is 11.8. The first-order valence-corrected chi connectivity index (χ1v) is 6.35. The van der Waals surface area contributed by atoms with Crippen molar-refractivity contribution in [2.75, 3.05) is 5.32 Å². The standard InChI is InChI=1S/C13H12N6O/c1-19-11-3-2-7(4-10(11)16-18-19)8-5-12(20)15-13-9(8)6-14-17-13/h2-4,6,8H,5H2,1H3,(H2,14,15,17,20)/t8-/m1/s1. The molecule has 20 heavy (non-hydrogen) atoms. The molecule has 0 spiro atoms. The number of benzene rings is 1. The van der Waals surface area contributed by atoms with E-state index >= 15 is 0 Å². The van der Waals surface area contributed by atoms with Gasteiger partial charge in [-0.2, -0.15) is 5.10 Å². The summed E-state index contributed by atoms with van der Waals surface area (Å²) in [6.45, 7) is 0. The lowest BCUT2D eigenvalue weighted by atomic mass is 9.87. The van der Waals surface area contributed by atoms with Crippen molar-refractivity contribution in [3.05, 3.63) is 35.5 Å². The quantitative estimate of drug-likeness (QED) is 0.693. The molecular formula is C13H12N6O. The molecule has 7 nitrogen and oxygen atoms in total. The first kappa shape index (κ1) is 11.2. The van der Waals surface area contributed by atoms with Crippen LogP contribution in [0.25, 0.3) is 11.0 Å². The van der Waals surface area contributed by atoms with Crippen LogP contribution in [0, 0.1) is 0 Å². The number of rotatable bonds is 1. The number of nitrogens with zero attached hydrogens (tertiary/aromatic N) is 4. The molecule has 0 bridgehead atoms. The molecule has 1 aromatic carbocycles. The van der Waals surface area contributed by atoms with Crippen LogP contribution in [0.3, 0.4) is 0 Å². The molecule has 2 N–H and O–H groups in total. The molecule has 7 heteroatoms. The molecule has 3 heterocycles. The van der Waals surface area contributed by atoms with Gasteiger partial charge in [0.1, 0.15) is 11.3 Å². The summed E-state index contributed by atoms with van der Waals surface area (Å²) in [6, 6.07) is 5.99. The van der Waals surface area contributed by atoms with E-state index < -0.39 is 0 Å². The topological polar surface area (TPSA) is 88.5 Å². The Balaban J connectivity index is 1.85. The van der Waals surface area contributed by atoms with Crippen LogP contribution < -0.4 is 5.32 Å².